The van der Waals surface area contributed by atoms with E-state index in [2.05, 4.69) is 29.4 Å². The van der Waals surface area contributed by atoms with Gasteiger partial charge in [0.25, 0.3) is 0 Å². The monoisotopic (exact) mass is 275 g/mol. The zero-order valence-corrected chi connectivity index (χ0v) is 12.5. The third kappa shape index (κ3) is 3.51. The van der Waals surface area contributed by atoms with Crippen LogP contribution in [0.2, 0.25) is 0 Å². The lowest BCUT2D eigenvalue weighted by atomic mass is 10.0. The number of hydrogen-bond acceptors (Lipinski definition) is 3. The van der Waals surface area contributed by atoms with Crippen LogP contribution < -0.4 is 10.6 Å². The molecule has 1 aromatic carbocycles. The molecule has 1 amide bonds. The highest BCUT2D eigenvalue weighted by atomic mass is 16.1. The molecule has 1 atom stereocenters. The van der Waals surface area contributed by atoms with Crippen LogP contribution in [0.1, 0.15) is 31.7 Å². The highest BCUT2D eigenvalue weighted by molar-refractivity contribution is 5.88. The third-order valence-electron chi connectivity index (χ3n) is 3.99. The lowest BCUT2D eigenvalue weighted by Gasteiger charge is -2.18. The molecule has 0 saturated heterocycles. The van der Waals surface area contributed by atoms with Crippen LogP contribution in [0, 0.1) is 0 Å². The van der Waals surface area contributed by atoms with Crippen molar-refractivity contribution in [1.82, 2.24) is 10.2 Å². The van der Waals surface area contributed by atoms with Gasteiger partial charge in [0.15, 0.2) is 0 Å². The van der Waals surface area contributed by atoms with Crippen molar-refractivity contribution >= 4 is 11.6 Å². The van der Waals surface area contributed by atoms with Crippen molar-refractivity contribution < 1.29 is 4.79 Å². The van der Waals surface area contributed by atoms with Gasteiger partial charge in [-0.2, -0.15) is 0 Å². The molecule has 0 saturated carbocycles. The summed E-state index contributed by atoms with van der Waals surface area (Å²) >= 11 is 0. The molecule has 4 heteroatoms. The number of hydrogen-bond donors (Lipinski definition) is 2. The van der Waals surface area contributed by atoms with Crippen molar-refractivity contribution in [2.75, 3.05) is 38.0 Å². The predicted molar refractivity (Wildman–Crippen MR) is 83.1 cm³/mol. The van der Waals surface area contributed by atoms with E-state index in [0.29, 0.717) is 6.54 Å². The van der Waals surface area contributed by atoms with E-state index in [1.165, 1.54) is 0 Å². The molecule has 2 rings (SSSR count). The largest absolute Gasteiger partial charge is 0.384 e. The first kappa shape index (κ1) is 14.9. The van der Waals surface area contributed by atoms with Crippen molar-refractivity contribution in [3.8, 4) is 0 Å². The summed E-state index contributed by atoms with van der Waals surface area (Å²) in [5.74, 6) is 0.0988. The minimum atomic E-state index is -0.0420. The molecule has 1 aromatic rings. The summed E-state index contributed by atoms with van der Waals surface area (Å²) in [6.07, 6.45) is 1.01. The van der Waals surface area contributed by atoms with Crippen molar-refractivity contribution in [1.29, 1.82) is 0 Å². The molecule has 1 aliphatic heterocycles. The van der Waals surface area contributed by atoms with Crippen LogP contribution in [0.3, 0.4) is 0 Å². The second kappa shape index (κ2) is 7.29. The molecular weight excluding hydrogens is 250 g/mol. The molecule has 0 spiro atoms. The first-order valence-corrected chi connectivity index (χ1v) is 7.59. The SMILES string of the molecule is CCN(CC)CCCNC(=O)C1CNc2ccccc21. The van der Waals surface area contributed by atoms with Gasteiger partial charge in [-0.05, 0) is 37.7 Å². The molecule has 110 valence electrons. The van der Waals surface area contributed by atoms with E-state index in [0.717, 1.165) is 43.9 Å². The number of para-hydroxylation sites is 1. The van der Waals surface area contributed by atoms with E-state index in [9.17, 15) is 4.79 Å². The van der Waals surface area contributed by atoms with Gasteiger partial charge in [0, 0.05) is 18.8 Å². The molecule has 4 nitrogen and oxygen atoms in total. The fourth-order valence-electron chi connectivity index (χ4n) is 2.70. The van der Waals surface area contributed by atoms with E-state index in [1.54, 1.807) is 0 Å². The summed E-state index contributed by atoms with van der Waals surface area (Å²) < 4.78 is 0. The Kier molecular flexibility index (Phi) is 5.41. The number of fused-ring (bicyclic) bond motifs is 1. The molecule has 0 aromatic heterocycles. The van der Waals surface area contributed by atoms with E-state index in [-0.39, 0.29) is 11.8 Å². The maximum atomic E-state index is 12.2. The van der Waals surface area contributed by atoms with Crippen LogP contribution in [0.5, 0.6) is 0 Å². The Morgan fingerprint density at radius 1 is 1.35 bits per heavy atom. The van der Waals surface area contributed by atoms with E-state index >= 15 is 0 Å². The van der Waals surface area contributed by atoms with Crippen LogP contribution in [-0.2, 0) is 4.79 Å². The molecule has 1 aliphatic rings. The average Bonchev–Trinajstić information content (AvgIpc) is 2.91. The molecular formula is C16H25N3O. The summed E-state index contributed by atoms with van der Waals surface area (Å²) in [6, 6.07) is 8.06. The standard InChI is InChI=1S/C16H25N3O/c1-3-19(4-2)11-7-10-17-16(20)14-12-18-15-9-6-5-8-13(14)15/h5-6,8-9,14,18H,3-4,7,10-12H2,1-2H3,(H,17,20). The molecule has 0 bridgehead atoms. The van der Waals surface area contributed by atoms with Gasteiger partial charge in [-0.15, -0.1) is 0 Å². The zero-order valence-electron chi connectivity index (χ0n) is 12.5. The van der Waals surface area contributed by atoms with Crippen molar-refractivity contribution in [2.24, 2.45) is 0 Å². The van der Waals surface area contributed by atoms with Gasteiger partial charge < -0.3 is 15.5 Å². The molecule has 2 N–H and O–H groups in total. The third-order valence-corrected chi connectivity index (χ3v) is 3.99. The fourth-order valence-corrected chi connectivity index (χ4v) is 2.70. The maximum absolute atomic E-state index is 12.2. The van der Waals surface area contributed by atoms with Crippen LogP contribution in [0.15, 0.2) is 24.3 Å². The minimum absolute atomic E-state index is 0.0420. The molecule has 1 unspecified atom stereocenters. The highest BCUT2D eigenvalue weighted by Crippen LogP contribution is 2.30. The summed E-state index contributed by atoms with van der Waals surface area (Å²) in [5.41, 5.74) is 2.21. The van der Waals surface area contributed by atoms with Crippen molar-refractivity contribution in [3.63, 3.8) is 0 Å². The van der Waals surface area contributed by atoms with Gasteiger partial charge in [-0.3, -0.25) is 4.79 Å². The van der Waals surface area contributed by atoms with Gasteiger partial charge in [-0.25, -0.2) is 0 Å². The Morgan fingerprint density at radius 2 is 2.10 bits per heavy atom. The van der Waals surface area contributed by atoms with E-state index in [4.69, 9.17) is 0 Å². The Hall–Kier alpha value is -1.55. The summed E-state index contributed by atoms with van der Waals surface area (Å²) in [4.78, 5) is 14.6. The maximum Gasteiger partial charge on any atom is 0.229 e. The first-order valence-electron chi connectivity index (χ1n) is 7.59. The molecule has 0 aliphatic carbocycles. The predicted octanol–water partition coefficient (Wildman–Crippen LogP) is 2.04. The minimum Gasteiger partial charge on any atom is -0.384 e. The molecule has 20 heavy (non-hydrogen) atoms. The topological polar surface area (TPSA) is 44.4 Å². The summed E-state index contributed by atoms with van der Waals surface area (Å²) in [6.45, 7) is 9.00. The number of carbonyl (C=O) groups is 1. The molecule has 0 radical (unpaired) electrons. The molecule has 1 heterocycles. The number of benzene rings is 1. The van der Waals surface area contributed by atoms with E-state index in [1.807, 2.05) is 24.3 Å². The van der Waals surface area contributed by atoms with Crippen LogP contribution >= 0.6 is 0 Å². The highest BCUT2D eigenvalue weighted by Gasteiger charge is 2.27. The molecule has 0 fully saturated rings. The quantitative estimate of drug-likeness (QED) is 0.749. The van der Waals surface area contributed by atoms with E-state index < -0.39 is 0 Å². The van der Waals surface area contributed by atoms with Crippen molar-refractivity contribution in [2.45, 2.75) is 26.2 Å². The van der Waals surface area contributed by atoms with Gasteiger partial charge >= 0.3 is 0 Å². The Bertz CT molecular complexity index is 443. The average molecular weight is 275 g/mol. The number of anilines is 1. The second-order valence-corrected chi connectivity index (χ2v) is 5.19. The lowest BCUT2D eigenvalue weighted by Crippen LogP contribution is -2.33. The fraction of sp³-hybridized carbons (Fsp3) is 0.562. The number of nitrogens with one attached hydrogen (secondary N) is 2. The smallest absolute Gasteiger partial charge is 0.229 e. The Morgan fingerprint density at radius 3 is 2.85 bits per heavy atom. The Balaban J connectivity index is 1.76. The zero-order chi connectivity index (χ0) is 14.4. The Labute approximate surface area is 121 Å². The van der Waals surface area contributed by atoms with Crippen LogP contribution in [0.25, 0.3) is 0 Å². The van der Waals surface area contributed by atoms with Gasteiger partial charge in [0.05, 0.1) is 5.92 Å². The van der Waals surface area contributed by atoms with Gasteiger partial charge in [-0.1, -0.05) is 32.0 Å². The van der Waals surface area contributed by atoms with Crippen molar-refractivity contribution in [3.05, 3.63) is 29.8 Å². The number of carbonyl (C=O) groups excluding carboxylic acids is 1. The number of nitrogens with zero attached hydrogens (tertiary/aromatic N) is 1. The summed E-state index contributed by atoms with van der Waals surface area (Å²) in [7, 11) is 0. The number of rotatable bonds is 7. The second-order valence-electron chi connectivity index (χ2n) is 5.19. The normalized spacial score (nSPS) is 16.9. The summed E-state index contributed by atoms with van der Waals surface area (Å²) in [5, 5.41) is 6.35. The lowest BCUT2D eigenvalue weighted by molar-refractivity contribution is -0.122. The van der Waals surface area contributed by atoms with Crippen LogP contribution in [-0.4, -0.2) is 43.5 Å². The first-order chi connectivity index (χ1) is 9.76. The van der Waals surface area contributed by atoms with Crippen LogP contribution in [0.4, 0.5) is 5.69 Å². The number of amides is 1. The van der Waals surface area contributed by atoms with Gasteiger partial charge in [0.1, 0.15) is 0 Å². The van der Waals surface area contributed by atoms with Gasteiger partial charge in [0.2, 0.25) is 5.91 Å².